The second kappa shape index (κ2) is 20.6. The van der Waals surface area contributed by atoms with Crippen LogP contribution in [0.15, 0.2) is 134 Å². The van der Waals surface area contributed by atoms with Crippen molar-refractivity contribution < 1.29 is 34.4 Å². The van der Waals surface area contributed by atoms with Crippen LogP contribution in [0.5, 0.6) is 0 Å². The van der Waals surface area contributed by atoms with Crippen molar-refractivity contribution in [1.29, 1.82) is 0 Å². The predicted molar refractivity (Wildman–Crippen MR) is 139 cm³/mol. The van der Waals surface area contributed by atoms with Gasteiger partial charge in [0.05, 0.1) is 0 Å². The molecule has 0 unspecified atom stereocenters. The molecule has 0 heterocycles. The van der Waals surface area contributed by atoms with Crippen LogP contribution in [0, 0.1) is 0 Å². The van der Waals surface area contributed by atoms with Gasteiger partial charge in [-0.1, -0.05) is 98.5 Å². The van der Waals surface area contributed by atoms with Crippen LogP contribution in [0.2, 0.25) is 0 Å². The Kier molecular flexibility index (Phi) is 18.7. The van der Waals surface area contributed by atoms with E-state index in [9.17, 15) is 10.2 Å². The third-order valence-corrected chi connectivity index (χ3v) is 3.97. The Labute approximate surface area is 220 Å². The molecule has 4 aromatic carbocycles. The molecule has 0 aromatic heterocycles. The van der Waals surface area contributed by atoms with E-state index in [4.69, 9.17) is 0 Å². The van der Waals surface area contributed by atoms with Crippen LogP contribution in [-0.2, 0) is 37.1 Å². The Hall–Kier alpha value is -3.03. The average Bonchev–Trinajstić information content (AvgIpc) is 3.51. The molecule has 176 valence electrons. The number of benzene rings is 2. The minimum Gasteiger partial charge on any atom is -0.210 e. The minimum atomic E-state index is -0.0833. The Bertz CT molecular complexity index is 895. The summed E-state index contributed by atoms with van der Waals surface area (Å²) in [5.41, 5.74) is 5.54. The third-order valence-electron chi connectivity index (χ3n) is 3.97. The molecule has 0 spiro atoms. The molecule has 0 atom stereocenters. The number of hydrogen-bond donors (Lipinski definition) is 0. The predicted octanol–water partition coefficient (Wildman–Crippen LogP) is 5.72. The zero-order valence-corrected chi connectivity index (χ0v) is 22.7. The van der Waals surface area contributed by atoms with Crippen LogP contribution < -0.4 is 10.2 Å². The molecule has 0 saturated carbocycles. The first-order chi connectivity index (χ1) is 16.4. The summed E-state index contributed by atoms with van der Waals surface area (Å²) in [6.07, 6.45) is 2.10. The van der Waals surface area contributed by atoms with Crippen molar-refractivity contribution in [3.05, 3.63) is 156 Å². The van der Waals surface area contributed by atoms with Crippen molar-refractivity contribution in [2.75, 3.05) is 0 Å². The zero-order valence-electron chi connectivity index (χ0n) is 20.2. The maximum absolute atomic E-state index is 9.33. The van der Waals surface area contributed by atoms with Crippen LogP contribution in [0.4, 0.5) is 0 Å². The molecule has 0 saturated heterocycles. The number of allylic oxidation sites excluding steroid dienone is 2. The van der Waals surface area contributed by atoms with Gasteiger partial charge < -0.3 is 10.2 Å². The summed E-state index contributed by atoms with van der Waals surface area (Å²) < 4.78 is 3.34. The zero-order chi connectivity index (χ0) is 25.6. The van der Waals surface area contributed by atoms with Crippen molar-refractivity contribution in [3.63, 3.8) is 0 Å². The molecule has 34 heavy (non-hydrogen) atoms. The fraction of sp³-hybridized carbons (Fsp3) is 0.129. The summed E-state index contributed by atoms with van der Waals surface area (Å²) in [5, 5.41) is 18.7. The molecule has 0 fully saturated rings. The van der Waals surface area contributed by atoms with Gasteiger partial charge in [-0.2, -0.15) is 47.5 Å². The molecule has 0 radical (unpaired) electrons. The van der Waals surface area contributed by atoms with Crippen molar-refractivity contribution >= 4 is 4.21 Å². The van der Waals surface area contributed by atoms with Crippen LogP contribution >= 0.6 is 0 Å². The standard InChI is InChI=1S/2C12H11.2C3H6O.CH2.Zr/c2*1-2-6-11(7-3-1)10-12-8-4-5-9-12;2*1-3(2)4;;/h2*1-9H,10H2;2*4H,1H2,2H3;1H2;/q2*-1;;;;+2/p-2. The van der Waals surface area contributed by atoms with Crippen molar-refractivity contribution in [3.8, 4) is 0 Å². The molecule has 3 heteroatoms. The fourth-order valence-corrected chi connectivity index (χ4v) is 2.73. The Morgan fingerprint density at radius 2 is 0.912 bits per heavy atom. The molecule has 4 rings (SSSR count). The van der Waals surface area contributed by atoms with E-state index < -0.39 is 0 Å². The number of hydrogen-bond acceptors (Lipinski definition) is 2. The van der Waals surface area contributed by atoms with E-state index in [0.29, 0.717) is 0 Å². The first-order valence-electron chi connectivity index (χ1n) is 10.9. The summed E-state index contributed by atoms with van der Waals surface area (Å²) in [6, 6.07) is 38.0. The molecule has 0 bridgehead atoms. The van der Waals surface area contributed by atoms with E-state index in [1.54, 1.807) is 0 Å². The van der Waals surface area contributed by atoms with E-state index in [1.165, 1.54) is 60.3 Å². The molecule has 4 aromatic rings. The average molecular weight is 530 g/mol. The summed E-state index contributed by atoms with van der Waals surface area (Å²) in [4.78, 5) is 0. The quantitative estimate of drug-likeness (QED) is 0.251. The molecule has 2 nitrogen and oxygen atoms in total. The van der Waals surface area contributed by atoms with Gasteiger partial charge in [-0.15, -0.1) is 24.7 Å². The summed E-state index contributed by atoms with van der Waals surface area (Å²) in [5.74, 6) is -0.167. The molecule has 0 amide bonds. The molecular formula is C31H34O2Zr-2. The molecule has 0 N–H and O–H groups in total. The normalized spacial score (nSPS) is 8.71. The second-order valence-corrected chi connectivity index (χ2v) is 7.32. The second-order valence-electron chi connectivity index (χ2n) is 7.32. The van der Waals surface area contributed by atoms with E-state index in [-0.39, 0.29) is 11.5 Å². The van der Waals surface area contributed by atoms with Gasteiger partial charge in [-0.3, -0.25) is 0 Å². The smallest absolute Gasteiger partial charge is 0.0561 e. The SMILES string of the molecule is C=C(C)[O-].C=C(C)[O-].[CH2]=[Zr+2].c1ccc(Cc2cc[cH-]c2)cc1.c1ccc(Cc2cc[cH-]c2)cc1. The van der Waals surface area contributed by atoms with Gasteiger partial charge in [0.2, 0.25) is 0 Å². The first kappa shape index (κ1) is 31.0. The van der Waals surface area contributed by atoms with Crippen LogP contribution in [0.3, 0.4) is 0 Å². The van der Waals surface area contributed by atoms with E-state index in [1.807, 2.05) is 0 Å². The maximum atomic E-state index is 9.33. The Morgan fingerprint density at radius 1 is 0.618 bits per heavy atom. The van der Waals surface area contributed by atoms with Gasteiger partial charge in [0.1, 0.15) is 0 Å². The summed E-state index contributed by atoms with van der Waals surface area (Å²) in [7, 11) is 0. The van der Waals surface area contributed by atoms with Gasteiger partial charge in [0.25, 0.3) is 0 Å². The van der Waals surface area contributed by atoms with Crippen LogP contribution in [0.1, 0.15) is 36.1 Å². The van der Waals surface area contributed by atoms with E-state index in [0.717, 1.165) is 12.8 Å². The molecule has 0 aliphatic rings. The molecule has 0 aliphatic heterocycles. The van der Waals surface area contributed by atoms with Crippen LogP contribution in [-0.4, -0.2) is 4.21 Å². The van der Waals surface area contributed by atoms with Gasteiger partial charge in [0.15, 0.2) is 0 Å². The van der Waals surface area contributed by atoms with Crippen molar-refractivity contribution in [1.82, 2.24) is 0 Å². The monoisotopic (exact) mass is 528 g/mol. The number of rotatable bonds is 4. The van der Waals surface area contributed by atoms with E-state index >= 15 is 0 Å². The van der Waals surface area contributed by atoms with Gasteiger partial charge >= 0.3 is 28.4 Å². The molecule has 0 aliphatic carbocycles. The van der Waals surface area contributed by atoms with Crippen molar-refractivity contribution in [2.24, 2.45) is 0 Å². The third kappa shape index (κ3) is 18.5. The Morgan fingerprint density at radius 3 is 1.15 bits per heavy atom. The minimum absolute atomic E-state index is 0.0833. The topological polar surface area (TPSA) is 46.1 Å². The maximum Gasteiger partial charge on any atom is -0.0561 e. The molecular weight excluding hydrogens is 496 g/mol. The largest absolute Gasteiger partial charge is 0.210 e. The Balaban J connectivity index is 0.000000466. The van der Waals surface area contributed by atoms with Gasteiger partial charge in [-0.25, -0.2) is 12.1 Å². The van der Waals surface area contributed by atoms with Gasteiger partial charge in [-0.05, 0) is 0 Å². The van der Waals surface area contributed by atoms with Crippen molar-refractivity contribution in [2.45, 2.75) is 26.7 Å². The summed E-state index contributed by atoms with van der Waals surface area (Å²) in [6.45, 7) is 8.83. The fourth-order valence-electron chi connectivity index (χ4n) is 2.73. The summed E-state index contributed by atoms with van der Waals surface area (Å²) >= 11 is 1.30. The van der Waals surface area contributed by atoms with Crippen LogP contribution in [0.25, 0.3) is 0 Å². The van der Waals surface area contributed by atoms with Gasteiger partial charge in [0, 0.05) is 0 Å². The first-order valence-corrected chi connectivity index (χ1v) is 12.6. The van der Waals surface area contributed by atoms with E-state index in [2.05, 4.69) is 127 Å².